The number of halogens is 2. The maximum atomic E-state index is 13.0. The van der Waals surface area contributed by atoms with Gasteiger partial charge in [-0.15, -0.1) is 11.3 Å². The molecule has 11 heteroatoms. The van der Waals surface area contributed by atoms with E-state index in [0.29, 0.717) is 45.1 Å². The summed E-state index contributed by atoms with van der Waals surface area (Å²) in [5.74, 6) is -0.229. The number of aromatic nitrogens is 2. The first-order chi connectivity index (χ1) is 12.2. The van der Waals surface area contributed by atoms with E-state index in [0.717, 1.165) is 11.3 Å². The van der Waals surface area contributed by atoms with Crippen LogP contribution in [0.25, 0.3) is 0 Å². The maximum Gasteiger partial charge on any atom is 0.256 e. The van der Waals surface area contributed by atoms with E-state index < -0.39 is 10.0 Å². The minimum atomic E-state index is -3.66. The normalized spacial score (nSPS) is 16.7. The number of carbonyl (C=O) groups excluding carboxylic acids is 1. The molecule has 3 heterocycles. The quantitative estimate of drug-likeness (QED) is 0.800. The number of nitrogens with one attached hydrogen (secondary N) is 1. The zero-order valence-electron chi connectivity index (χ0n) is 14.3. The van der Waals surface area contributed by atoms with Gasteiger partial charge in [0.1, 0.15) is 9.23 Å². The monoisotopic (exact) mass is 436 g/mol. The van der Waals surface area contributed by atoms with Crippen LogP contribution in [0.2, 0.25) is 8.67 Å². The zero-order chi connectivity index (χ0) is 19.1. The van der Waals surface area contributed by atoms with E-state index in [2.05, 4.69) is 10.2 Å². The highest BCUT2D eigenvalue weighted by atomic mass is 35.5. The molecule has 7 nitrogen and oxygen atoms in total. The topological polar surface area (TPSA) is 86.4 Å². The fraction of sp³-hybridized carbons (Fsp3) is 0.467. The van der Waals surface area contributed by atoms with Crippen LogP contribution < -0.4 is 0 Å². The number of rotatable bonds is 3. The molecular formula is C15H18Cl2N4O3S2. The molecule has 1 aliphatic heterocycles. The summed E-state index contributed by atoms with van der Waals surface area (Å²) in [4.78, 5) is 14.5. The van der Waals surface area contributed by atoms with Gasteiger partial charge >= 0.3 is 0 Å². The summed E-state index contributed by atoms with van der Waals surface area (Å²) in [6.07, 6.45) is 0.538. The van der Waals surface area contributed by atoms with Crippen molar-refractivity contribution in [2.45, 2.75) is 25.2 Å². The summed E-state index contributed by atoms with van der Waals surface area (Å²) in [7, 11) is -3.66. The van der Waals surface area contributed by atoms with Crippen molar-refractivity contribution in [3.05, 3.63) is 31.7 Å². The number of hydrogen-bond donors (Lipinski definition) is 1. The third-order valence-corrected chi connectivity index (χ3v) is 7.94. The lowest BCUT2D eigenvalue weighted by Gasteiger charge is -2.22. The second-order valence-corrected chi connectivity index (χ2v) is 10.2. The fourth-order valence-corrected chi connectivity index (χ4v) is 6.29. The van der Waals surface area contributed by atoms with Crippen molar-refractivity contribution in [1.29, 1.82) is 0 Å². The van der Waals surface area contributed by atoms with Gasteiger partial charge in [0.15, 0.2) is 0 Å². The molecule has 1 amide bonds. The van der Waals surface area contributed by atoms with Crippen molar-refractivity contribution in [3.8, 4) is 0 Å². The predicted molar refractivity (Wildman–Crippen MR) is 102 cm³/mol. The molecule has 1 N–H and O–H groups in total. The van der Waals surface area contributed by atoms with E-state index in [4.69, 9.17) is 23.2 Å². The summed E-state index contributed by atoms with van der Waals surface area (Å²) in [6, 6.07) is 1.55. The Balaban J connectivity index is 1.78. The highest BCUT2D eigenvalue weighted by molar-refractivity contribution is 7.89. The van der Waals surface area contributed by atoms with E-state index in [1.54, 1.807) is 24.8 Å². The number of H-pyrrole nitrogens is 1. The molecule has 1 fully saturated rings. The Hall–Kier alpha value is -1.13. The zero-order valence-corrected chi connectivity index (χ0v) is 17.4. The molecule has 0 unspecified atom stereocenters. The minimum absolute atomic E-state index is 0.213. The van der Waals surface area contributed by atoms with E-state index in [1.807, 2.05) is 0 Å². The van der Waals surface area contributed by atoms with E-state index >= 15 is 0 Å². The second kappa shape index (κ2) is 7.47. The molecule has 1 aliphatic rings. The van der Waals surface area contributed by atoms with E-state index in [9.17, 15) is 13.2 Å². The molecule has 2 aromatic rings. The van der Waals surface area contributed by atoms with Gasteiger partial charge in [0.05, 0.1) is 21.3 Å². The van der Waals surface area contributed by atoms with Crippen molar-refractivity contribution < 1.29 is 13.2 Å². The summed E-state index contributed by atoms with van der Waals surface area (Å²) < 4.78 is 28.1. The molecule has 0 aromatic carbocycles. The van der Waals surface area contributed by atoms with Crippen molar-refractivity contribution in [1.82, 2.24) is 19.4 Å². The van der Waals surface area contributed by atoms with Gasteiger partial charge in [-0.3, -0.25) is 9.89 Å². The van der Waals surface area contributed by atoms with Crippen molar-refractivity contribution in [2.75, 3.05) is 26.2 Å². The first kappa shape index (κ1) is 19.6. The Bertz CT molecular complexity index is 919. The Morgan fingerprint density at radius 3 is 2.54 bits per heavy atom. The first-order valence-electron chi connectivity index (χ1n) is 7.97. The second-order valence-electron chi connectivity index (χ2n) is 6.05. The summed E-state index contributed by atoms with van der Waals surface area (Å²) >= 11 is 13.1. The van der Waals surface area contributed by atoms with Crippen LogP contribution >= 0.6 is 34.5 Å². The Kier molecular flexibility index (Phi) is 5.64. The third kappa shape index (κ3) is 3.63. The van der Waals surface area contributed by atoms with E-state index in [-0.39, 0.29) is 23.9 Å². The van der Waals surface area contributed by atoms with Gasteiger partial charge in [-0.25, -0.2) is 8.42 Å². The van der Waals surface area contributed by atoms with Gasteiger partial charge in [-0.2, -0.15) is 9.40 Å². The lowest BCUT2D eigenvalue weighted by molar-refractivity contribution is 0.0765. The van der Waals surface area contributed by atoms with Crippen LogP contribution in [0.4, 0.5) is 0 Å². The van der Waals surface area contributed by atoms with Gasteiger partial charge < -0.3 is 4.90 Å². The van der Waals surface area contributed by atoms with Crippen molar-refractivity contribution in [2.24, 2.45) is 0 Å². The van der Waals surface area contributed by atoms with E-state index in [1.165, 1.54) is 4.31 Å². The van der Waals surface area contributed by atoms with Gasteiger partial charge in [-0.1, -0.05) is 23.2 Å². The molecule has 0 spiro atoms. The number of aryl methyl sites for hydroxylation is 2. The largest absolute Gasteiger partial charge is 0.337 e. The highest BCUT2D eigenvalue weighted by Gasteiger charge is 2.32. The van der Waals surface area contributed by atoms with Crippen molar-refractivity contribution >= 4 is 50.5 Å². The fourth-order valence-electron chi connectivity index (χ4n) is 3.04. The van der Waals surface area contributed by atoms with Crippen LogP contribution in [0, 0.1) is 13.8 Å². The molecule has 26 heavy (non-hydrogen) atoms. The highest BCUT2D eigenvalue weighted by Crippen LogP contribution is 2.32. The van der Waals surface area contributed by atoms with Gasteiger partial charge in [-0.05, 0) is 26.3 Å². The molecule has 1 saturated heterocycles. The number of hydrogen-bond acceptors (Lipinski definition) is 5. The smallest absolute Gasteiger partial charge is 0.256 e. The lowest BCUT2D eigenvalue weighted by Crippen LogP contribution is -2.37. The average Bonchev–Trinajstić information content (AvgIpc) is 2.96. The minimum Gasteiger partial charge on any atom is -0.337 e. The van der Waals surface area contributed by atoms with Gasteiger partial charge in [0, 0.05) is 26.2 Å². The predicted octanol–water partition coefficient (Wildman–Crippen LogP) is 2.93. The van der Waals surface area contributed by atoms with Crippen LogP contribution in [-0.4, -0.2) is 59.9 Å². The van der Waals surface area contributed by atoms with Gasteiger partial charge in [0.25, 0.3) is 5.91 Å². The van der Waals surface area contributed by atoms with Crippen LogP contribution in [0.15, 0.2) is 11.0 Å². The van der Waals surface area contributed by atoms with Gasteiger partial charge in [0.2, 0.25) is 10.0 Å². The molecule has 142 valence electrons. The molecule has 0 saturated carbocycles. The van der Waals surface area contributed by atoms with Crippen LogP contribution in [0.1, 0.15) is 28.2 Å². The number of thiophene rings is 1. The molecule has 0 radical (unpaired) electrons. The lowest BCUT2D eigenvalue weighted by atomic mass is 10.3. The molecule has 0 aliphatic carbocycles. The summed E-state index contributed by atoms with van der Waals surface area (Å²) in [6.45, 7) is 4.65. The number of nitrogens with zero attached hydrogens (tertiary/aromatic N) is 3. The molecular weight excluding hydrogens is 419 g/mol. The van der Waals surface area contributed by atoms with Crippen molar-refractivity contribution in [3.63, 3.8) is 0 Å². The Morgan fingerprint density at radius 2 is 1.96 bits per heavy atom. The standard InChI is InChI=1S/C15H18Cl2N4O3S2/c1-9-13(10(2)19-18-9)26(23,24)21-5-3-4-20(6-7-21)15(22)11-8-12(16)25-14(11)17/h8H,3-7H2,1-2H3,(H,18,19). The Labute approximate surface area is 165 Å². The number of aromatic amines is 1. The first-order valence-corrected chi connectivity index (χ1v) is 11.0. The number of amides is 1. The molecule has 0 atom stereocenters. The number of sulfonamides is 1. The van der Waals surface area contributed by atoms with Crippen LogP contribution in [0.5, 0.6) is 0 Å². The summed E-state index contributed by atoms with van der Waals surface area (Å²) in [5, 5.41) is 6.68. The Morgan fingerprint density at radius 1 is 1.23 bits per heavy atom. The van der Waals surface area contributed by atoms with Crippen LogP contribution in [0.3, 0.4) is 0 Å². The SMILES string of the molecule is Cc1n[nH]c(C)c1S(=O)(=O)N1CCCN(C(=O)c2cc(Cl)sc2Cl)CC1. The summed E-state index contributed by atoms with van der Waals surface area (Å²) in [5.41, 5.74) is 1.32. The molecule has 3 rings (SSSR count). The third-order valence-electron chi connectivity index (χ3n) is 4.29. The average molecular weight is 437 g/mol. The maximum absolute atomic E-state index is 13.0. The van der Waals surface area contributed by atoms with Crippen LogP contribution in [-0.2, 0) is 10.0 Å². The number of carbonyl (C=O) groups is 1. The molecule has 2 aromatic heterocycles. The molecule has 0 bridgehead atoms.